The molecule has 1 aromatic heterocycles. The van der Waals surface area contributed by atoms with E-state index >= 15 is 9.00 Å². The molecule has 1 fully saturated rings. The van der Waals surface area contributed by atoms with Crippen molar-refractivity contribution in [3.63, 3.8) is 0 Å². The number of nitrogens with zero attached hydrogens (tertiary/aromatic N) is 1. The fourth-order valence-electron chi connectivity index (χ4n) is 15.2. The molecular formula is C87H120N12O25S3. The molecule has 3 aromatic carbocycles. The van der Waals surface area contributed by atoms with Crippen LogP contribution < -0.4 is 58.3 Å². The van der Waals surface area contributed by atoms with Crippen LogP contribution in [-0.2, 0) is 107 Å². The predicted molar refractivity (Wildman–Crippen MR) is 468 cm³/mol. The number of hydrogen-bond donors (Lipinski definition) is 17. The van der Waals surface area contributed by atoms with Crippen molar-refractivity contribution < 1.29 is 121 Å². The molecule has 3 aliphatic heterocycles. The van der Waals surface area contributed by atoms with Gasteiger partial charge in [0.2, 0.25) is 53.2 Å². The maximum Gasteiger partial charge on any atom is 0.326 e. The predicted octanol–water partition coefficient (Wildman–Crippen LogP) is 2.69. The number of unbranched alkanes of at least 4 members (excludes halogenated alkanes) is 4. The number of carbonyl (C=O) groups is 17. The number of Topliss-reactive ketones (excluding diaryl/α,β-unsaturated/α-hetero) is 4. The van der Waals surface area contributed by atoms with Gasteiger partial charge in [0.15, 0.2) is 17.3 Å². The fourth-order valence-corrected chi connectivity index (χ4v) is 19.3. The number of aliphatic hydroxyl groups excluding tert-OH is 3. The lowest BCUT2D eigenvalue weighted by Gasteiger charge is -2.32. The first-order valence-corrected chi connectivity index (χ1v) is 46.4. The van der Waals surface area contributed by atoms with E-state index in [1.54, 1.807) is 53.6 Å². The molecule has 127 heavy (non-hydrogen) atoms. The van der Waals surface area contributed by atoms with Crippen LogP contribution in [0, 0.1) is 29.6 Å². The van der Waals surface area contributed by atoms with Crippen LogP contribution in [0.2, 0.25) is 0 Å². The van der Waals surface area contributed by atoms with Crippen LogP contribution in [0.3, 0.4) is 0 Å². The summed E-state index contributed by atoms with van der Waals surface area (Å²) in [6.07, 6.45) is -2.23. The van der Waals surface area contributed by atoms with Crippen LogP contribution in [0.5, 0.6) is 5.75 Å². The van der Waals surface area contributed by atoms with Gasteiger partial charge in [-0.1, -0.05) is 122 Å². The summed E-state index contributed by atoms with van der Waals surface area (Å²) in [5.41, 5.74) is 7.77. The summed E-state index contributed by atoms with van der Waals surface area (Å²) in [4.78, 5) is 233. The number of aliphatic hydroxyl groups is 3. The highest BCUT2D eigenvalue weighted by Crippen LogP contribution is 2.40. The van der Waals surface area contributed by atoms with E-state index in [1.807, 2.05) is 66.0 Å². The standard InChI is InChI=1S/C87H120N12O25S3/c1-49(2)76-81(116)91-44-73(109)92-65-48-127(123)82-60(38-54(78(113)90-45-74(110)97-76)39-69(105)77(50(3)70(106)47-100)98-80(115)66-42-57(102)46-99(66)83(117)55(40-68(65)104)41-71(88)107)59-26-25-58(43-63(59)94-82)124-33-18-34-125-126-87(4,5)31-17-24-67(103)64(36-52-21-13-10-14-22-52)93-79(114)53(35-51-19-11-9-12-20-51)37-56(101)23-15-7-6-8-16-32-89-72(108)29-27-61(84(118)119)95-86(122)96-62(85(120)121)28-30-75(111)112/h9-14,19-22,25-26,43,49-50,53-55,57,61-62,64-66,70,76-77,94,100,102,106H,6-8,15-18,23-24,27-42,44-48H2,1-5H3,(H2,88,107)(H,89,108)(H,90,113)(H,91,116)(H,92,109)(H,93,114)(H,97,110)(H,98,115)(H,111,112)(H,118,119)(H,120,121)(H2,95,96,122)/t50-,53+,54-,55-,57+,61?,62?,64-,65-,66-,70-,76-,77-,127?/m0/s1. The van der Waals surface area contributed by atoms with Crippen molar-refractivity contribution in [2.75, 3.05) is 50.9 Å². The smallest absolute Gasteiger partial charge is 0.326 e. The van der Waals surface area contributed by atoms with E-state index in [0.717, 1.165) is 22.4 Å². The molecule has 2 bridgehead atoms. The number of hydrogen-bond acceptors (Lipinski definition) is 24. The lowest BCUT2D eigenvalue weighted by molar-refractivity contribution is -0.145. The summed E-state index contributed by atoms with van der Waals surface area (Å²) in [6.45, 7) is 6.22. The highest BCUT2D eigenvalue weighted by Gasteiger charge is 2.46. The number of nitrogens with two attached hydrogens (primary N) is 1. The molecule has 11 amide bonds. The second-order valence-electron chi connectivity index (χ2n) is 33.4. The number of aliphatic carboxylic acids is 3. The zero-order valence-electron chi connectivity index (χ0n) is 72.0. The maximum atomic E-state index is 15.3. The minimum atomic E-state index is -2.40. The Bertz CT molecular complexity index is 4560. The number of aromatic amines is 1. The van der Waals surface area contributed by atoms with Gasteiger partial charge in [-0.2, -0.15) is 0 Å². The molecule has 14 atom stereocenters. The molecule has 3 aliphatic rings. The zero-order chi connectivity index (χ0) is 93.2. The molecule has 40 heteroatoms. The summed E-state index contributed by atoms with van der Waals surface area (Å²) < 4.78 is 21.3. The number of urea groups is 1. The Morgan fingerprint density at radius 1 is 0.685 bits per heavy atom. The quantitative estimate of drug-likeness (QED) is 0.0223. The normalized spacial score (nSPS) is 20.9. The number of carboxylic acid groups (broad SMARTS) is 3. The van der Waals surface area contributed by atoms with E-state index in [4.69, 9.17) is 15.6 Å². The topological polar surface area (TPSA) is 591 Å². The second-order valence-corrected chi connectivity index (χ2v) is 38.0. The van der Waals surface area contributed by atoms with Crippen molar-refractivity contribution in [1.29, 1.82) is 0 Å². The lowest BCUT2D eigenvalue weighted by Crippen LogP contribution is -2.56. The van der Waals surface area contributed by atoms with Gasteiger partial charge in [-0.25, -0.2) is 14.4 Å². The van der Waals surface area contributed by atoms with Crippen LogP contribution >= 0.6 is 21.6 Å². The molecule has 3 unspecified atom stereocenters. The Morgan fingerprint density at radius 2 is 1.31 bits per heavy atom. The lowest BCUT2D eigenvalue weighted by atomic mass is 9.85. The van der Waals surface area contributed by atoms with E-state index < -0.39 is 260 Å². The van der Waals surface area contributed by atoms with E-state index in [0.29, 0.717) is 67.4 Å². The van der Waals surface area contributed by atoms with E-state index in [2.05, 4.69) is 61.4 Å². The summed E-state index contributed by atoms with van der Waals surface area (Å²) in [5.74, 6) is -19.6. The minimum absolute atomic E-state index is 0.0623. The van der Waals surface area contributed by atoms with E-state index in [9.17, 15) is 102 Å². The number of carbonyl (C=O) groups excluding carboxylic acids is 14. The Kier molecular flexibility index (Phi) is 41.8. The monoisotopic (exact) mass is 1830 g/mol. The van der Waals surface area contributed by atoms with Crippen LogP contribution in [0.4, 0.5) is 4.79 Å². The van der Waals surface area contributed by atoms with Crippen LogP contribution in [0.25, 0.3) is 10.9 Å². The third kappa shape index (κ3) is 34.1. The molecule has 18 N–H and O–H groups in total. The van der Waals surface area contributed by atoms with Gasteiger partial charge in [-0.3, -0.25) is 71.3 Å². The fraction of sp³-hybridized carbons (Fsp3) is 0.575. The van der Waals surface area contributed by atoms with Gasteiger partial charge in [-0.05, 0) is 113 Å². The van der Waals surface area contributed by atoms with Crippen molar-refractivity contribution >= 4 is 144 Å². The number of carboxylic acids is 3. The molecule has 1 saturated heterocycles. The molecule has 37 nitrogen and oxygen atoms in total. The number of amides is 11. The average Bonchev–Trinajstić information content (AvgIpc) is 1.65. The largest absolute Gasteiger partial charge is 0.493 e. The van der Waals surface area contributed by atoms with Gasteiger partial charge in [-0.15, -0.1) is 0 Å². The summed E-state index contributed by atoms with van der Waals surface area (Å²) in [5, 5.41) is 82.7. The van der Waals surface area contributed by atoms with Crippen molar-refractivity contribution in [2.45, 2.75) is 240 Å². The molecule has 0 saturated carbocycles. The van der Waals surface area contributed by atoms with Gasteiger partial charge >= 0.3 is 23.9 Å². The highest BCUT2D eigenvalue weighted by molar-refractivity contribution is 8.77. The van der Waals surface area contributed by atoms with Crippen molar-refractivity contribution in [1.82, 2.24) is 57.7 Å². The van der Waals surface area contributed by atoms with Crippen molar-refractivity contribution in [3.8, 4) is 5.75 Å². The Balaban J connectivity index is 0.982. The first kappa shape index (κ1) is 103. The molecule has 4 aromatic rings. The second kappa shape index (κ2) is 51.3. The number of ketones is 4. The van der Waals surface area contributed by atoms with Gasteiger partial charge in [0.1, 0.15) is 40.7 Å². The number of fused-ring (bicyclic) bond motifs is 5. The minimum Gasteiger partial charge on any atom is -0.493 e. The van der Waals surface area contributed by atoms with Crippen molar-refractivity contribution in [3.05, 3.63) is 95.6 Å². The number of rotatable bonds is 44. The average molecular weight is 1830 g/mol. The molecule has 4 heterocycles. The van der Waals surface area contributed by atoms with Gasteiger partial charge in [0.25, 0.3) is 0 Å². The number of aromatic nitrogens is 1. The van der Waals surface area contributed by atoms with Crippen LogP contribution in [0.15, 0.2) is 83.9 Å². The van der Waals surface area contributed by atoms with Gasteiger partial charge in [0, 0.05) is 111 Å². The number of primary amides is 1. The number of benzene rings is 3. The Morgan fingerprint density at radius 3 is 1.95 bits per heavy atom. The first-order valence-electron chi connectivity index (χ1n) is 42.8. The van der Waals surface area contributed by atoms with Crippen LogP contribution in [-0.4, -0.2) is 255 Å². The number of nitrogens with one attached hydrogen (secondary N) is 10. The summed E-state index contributed by atoms with van der Waals surface area (Å²) in [6, 6.07) is 11.9. The maximum absolute atomic E-state index is 15.3. The molecule has 0 spiro atoms. The van der Waals surface area contributed by atoms with Crippen LogP contribution in [0.1, 0.15) is 173 Å². The third-order valence-electron chi connectivity index (χ3n) is 22.3. The summed E-state index contributed by atoms with van der Waals surface area (Å²) in [7, 11) is 0.830. The first-order chi connectivity index (χ1) is 60.3. The molecule has 696 valence electrons. The molecule has 0 radical (unpaired) electrons. The van der Waals surface area contributed by atoms with Crippen molar-refractivity contribution in [2.24, 2.45) is 35.3 Å². The van der Waals surface area contributed by atoms with E-state index in [-0.39, 0.29) is 85.0 Å². The highest BCUT2D eigenvalue weighted by atomic mass is 33.1. The molecular weight excluding hydrogens is 1710 g/mol. The van der Waals surface area contributed by atoms with Gasteiger partial charge < -0.3 is 98.8 Å². The van der Waals surface area contributed by atoms with E-state index in [1.165, 1.54) is 6.92 Å². The Labute approximate surface area is 746 Å². The summed E-state index contributed by atoms with van der Waals surface area (Å²) >= 11 is 0. The SMILES string of the molecule is CC(C)[C@@H]1NC(=O)CNC(=O)[C@@H]2CC(=O)[C@H]([C@@H](C)[C@@H](O)CO)NC(=O)[C@@H]3C[C@@H](O)CN3C(=O)[C@H](CC(N)=O)CC(=O)[C@H](CS(=O)c3[nH]c4cc(OCCCSSC(C)(C)CCCC(=O)[C@H](Cc5ccccc5)NC(=O)[C@@H](CC(=O)CCCCCCCNC(=O)CCC(NC(=O)NC(CCC(=O)O)C(=O)O)C(=O)O)Cc5ccccc5)ccc4c3C2)NC(=O)CNC1=O. The molecule has 7 rings (SSSR count). The Hall–Kier alpha value is -10.7. The zero-order valence-corrected chi connectivity index (χ0v) is 74.4. The third-order valence-corrected chi connectivity index (χ3v) is 27.2. The number of ether oxygens (including phenoxy) is 1. The molecule has 0 aliphatic carbocycles. The number of H-pyrrole nitrogens is 1. The van der Waals surface area contributed by atoms with Gasteiger partial charge in [0.05, 0.1) is 84.6 Å².